The van der Waals surface area contributed by atoms with Gasteiger partial charge in [-0.1, -0.05) is 6.07 Å². The standard InChI is InChI=1S/C12H14Br3NO3S/c1-3-16(4-2)11(17)9-6-5-7-10(8-9)20(18,19)12(13,14)15/h5-8H,3-4H2,1-2H3. The van der Waals surface area contributed by atoms with Crippen LogP contribution in [0, 0.1) is 0 Å². The summed E-state index contributed by atoms with van der Waals surface area (Å²) in [7, 11) is -3.69. The fourth-order valence-electron chi connectivity index (χ4n) is 1.62. The number of carbonyl (C=O) groups excluding carboxylic acids is 1. The number of amides is 1. The van der Waals surface area contributed by atoms with Crippen LogP contribution in [0.4, 0.5) is 0 Å². The van der Waals surface area contributed by atoms with Gasteiger partial charge in [-0.3, -0.25) is 4.79 Å². The molecule has 0 aliphatic carbocycles. The van der Waals surface area contributed by atoms with Gasteiger partial charge in [0.25, 0.3) is 5.91 Å². The number of halogens is 3. The Kier molecular flexibility index (Phi) is 6.25. The van der Waals surface area contributed by atoms with E-state index in [-0.39, 0.29) is 10.8 Å². The zero-order valence-corrected chi connectivity index (χ0v) is 16.5. The third-order valence-corrected chi connectivity index (χ3v) is 8.07. The average molecular weight is 492 g/mol. The molecule has 1 amide bonds. The SMILES string of the molecule is CCN(CC)C(=O)c1cccc(S(=O)(=O)C(Br)(Br)Br)c1. The van der Waals surface area contributed by atoms with Gasteiger partial charge in [0.05, 0.1) is 4.90 Å². The van der Waals surface area contributed by atoms with Crippen molar-refractivity contribution in [2.45, 2.75) is 20.2 Å². The van der Waals surface area contributed by atoms with Gasteiger partial charge >= 0.3 is 0 Å². The van der Waals surface area contributed by atoms with Gasteiger partial charge in [0.1, 0.15) is 0 Å². The predicted molar refractivity (Wildman–Crippen MR) is 90.4 cm³/mol. The lowest BCUT2D eigenvalue weighted by molar-refractivity contribution is 0.0772. The van der Waals surface area contributed by atoms with Crippen LogP contribution in [0.3, 0.4) is 0 Å². The molecular weight excluding hydrogens is 478 g/mol. The van der Waals surface area contributed by atoms with Crippen LogP contribution in [-0.2, 0) is 9.84 Å². The molecule has 0 N–H and O–H groups in total. The van der Waals surface area contributed by atoms with Gasteiger partial charge in [-0.15, -0.1) is 0 Å². The molecule has 0 saturated carbocycles. The second-order valence-corrected chi connectivity index (χ2v) is 14.4. The Hall–Kier alpha value is 0.0800. The van der Waals surface area contributed by atoms with Crippen LogP contribution in [-0.4, -0.2) is 33.8 Å². The first-order chi connectivity index (χ1) is 9.15. The van der Waals surface area contributed by atoms with Crippen molar-refractivity contribution in [3.05, 3.63) is 29.8 Å². The molecule has 0 aromatic heterocycles. The molecule has 1 aromatic rings. The van der Waals surface area contributed by atoms with Gasteiger partial charge in [-0.25, -0.2) is 8.42 Å². The topological polar surface area (TPSA) is 54.5 Å². The van der Waals surface area contributed by atoms with Crippen molar-refractivity contribution >= 4 is 63.5 Å². The molecule has 0 radical (unpaired) electrons. The first kappa shape index (κ1) is 18.1. The quantitative estimate of drug-likeness (QED) is 0.603. The summed E-state index contributed by atoms with van der Waals surface area (Å²) in [5, 5.41) is 0. The maximum absolute atomic E-state index is 12.3. The third kappa shape index (κ3) is 3.84. The summed E-state index contributed by atoms with van der Waals surface area (Å²) in [4.78, 5) is 13.9. The van der Waals surface area contributed by atoms with E-state index >= 15 is 0 Å². The molecule has 8 heteroatoms. The van der Waals surface area contributed by atoms with Crippen molar-refractivity contribution in [1.29, 1.82) is 0 Å². The Labute approximate surface area is 144 Å². The number of rotatable bonds is 4. The maximum Gasteiger partial charge on any atom is 0.253 e. The molecule has 1 rings (SSSR count). The van der Waals surface area contributed by atoms with Crippen LogP contribution < -0.4 is 0 Å². The summed E-state index contributed by atoms with van der Waals surface area (Å²) in [6.45, 7) is 4.90. The average Bonchev–Trinajstić information content (AvgIpc) is 2.39. The zero-order valence-electron chi connectivity index (χ0n) is 10.9. The molecule has 0 bridgehead atoms. The number of benzene rings is 1. The van der Waals surface area contributed by atoms with Crippen LogP contribution in [0.15, 0.2) is 29.2 Å². The van der Waals surface area contributed by atoms with Crippen molar-refractivity contribution in [3.8, 4) is 0 Å². The van der Waals surface area contributed by atoms with Crippen LogP contribution in [0.25, 0.3) is 0 Å². The Balaban J connectivity index is 3.25. The lowest BCUT2D eigenvalue weighted by Gasteiger charge is -2.19. The highest BCUT2D eigenvalue weighted by atomic mass is 80.0. The molecule has 0 spiro atoms. The van der Waals surface area contributed by atoms with Gasteiger partial charge in [-0.2, -0.15) is 0 Å². The largest absolute Gasteiger partial charge is 0.339 e. The Morgan fingerprint density at radius 1 is 1.20 bits per heavy atom. The summed E-state index contributed by atoms with van der Waals surface area (Å²) < 4.78 is 23.1. The van der Waals surface area contributed by atoms with E-state index in [1.165, 1.54) is 12.1 Å². The second kappa shape index (κ2) is 6.89. The van der Waals surface area contributed by atoms with E-state index in [1.54, 1.807) is 17.0 Å². The first-order valence-electron chi connectivity index (χ1n) is 5.85. The van der Waals surface area contributed by atoms with Crippen molar-refractivity contribution < 1.29 is 13.2 Å². The molecular formula is C12H14Br3NO3S. The van der Waals surface area contributed by atoms with E-state index in [9.17, 15) is 13.2 Å². The van der Waals surface area contributed by atoms with Gasteiger partial charge in [-0.05, 0) is 79.8 Å². The summed E-state index contributed by atoms with van der Waals surface area (Å²) in [5.74, 6) is -0.184. The van der Waals surface area contributed by atoms with E-state index in [0.29, 0.717) is 18.7 Å². The van der Waals surface area contributed by atoms with Crippen molar-refractivity contribution in [2.75, 3.05) is 13.1 Å². The lowest BCUT2D eigenvalue weighted by atomic mass is 10.2. The Morgan fingerprint density at radius 2 is 1.75 bits per heavy atom. The van der Waals surface area contributed by atoms with Gasteiger partial charge < -0.3 is 4.90 Å². The van der Waals surface area contributed by atoms with E-state index < -0.39 is 11.3 Å². The summed E-state index contributed by atoms with van der Waals surface area (Å²) >= 11 is 9.01. The highest BCUT2D eigenvalue weighted by Crippen LogP contribution is 2.43. The van der Waals surface area contributed by atoms with Crippen molar-refractivity contribution in [2.24, 2.45) is 0 Å². The highest BCUT2D eigenvalue weighted by Gasteiger charge is 2.37. The molecule has 0 atom stereocenters. The van der Waals surface area contributed by atoms with Gasteiger partial charge in [0.15, 0.2) is 0 Å². The number of hydrogen-bond donors (Lipinski definition) is 0. The maximum atomic E-state index is 12.3. The summed E-state index contributed by atoms with van der Waals surface area (Å²) in [6.07, 6.45) is 0. The lowest BCUT2D eigenvalue weighted by Crippen LogP contribution is -2.30. The van der Waals surface area contributed by atoms with Crippen LogP contribution in [0.1, 0.15) is 24.2 Å². The fraction of sp³-hybridized carbons (Fsp3) is 0.417. The summed E-state index contributed by atoms with van der Waals surface area (Å²) in [5.41, 5.74) is 0.353. The number of carbonyl (C=O) groups is 1. The fourth-order valence-corrected chi connectivity index (χ4v) is 4.11. The molecule has 0 heterocycles. The van der Waals surface area contributed by atoms with Crippen molar-refractivity contribution in [1.82, 2.24) is 4.90 Å². The van der Waals surface area contributed by atoms with Gasteiger partial charge in [0.2, 0.25) is 11.3 Å². The minimum absolute atomic E-state index is 0.0566. The molecule has 0 aliphatic heterocycles. The predicted octanol–water partition coefficient (Wildman–Crippen LogP) is 3.74. The van der Waals surface area contributed by atoms with E-state index in [0.717, 1.165) is 0 Å². The smallest absolute Gasteiger partial charge is 0.253 e. The molecule has 1 aromatic carbocycles. The Bertz CT molecular complexity index is 592. The van der Waals surface area contributed by atoms with Gasteiger partial charge in [0, 0.05) is 18.7 Å². The summed E-state index contributed by atoms with van der Waals surface area (Å²) in [6, 6.07) is 6.00. The normalized spacial score (nSPS) is 12.2. The minimum atomic E-state index is -3.69. The molecule has 0 aliphatic rings. The third-order valence-electron chi connectivity index (χ3n) is 2.75. The molecule has 0 fully saturated rings. The minimum Gasteiger partial charge on any atom is -0.339 e. The number of sulfone groups is 1. The molecule has 20 heavy (non-hydrogen) atoms. The first-order valence-corrected chi connectivity index (χ1v) is 9.72. The van der Waals surface area contributed by atoms with Crippen LogP contribution >= 0.6 is 47.8 Å². The van der Waals surface area contributed by atoms with Crippen LogP contribution in [0.5, 0.6) is 0 Å². The Morgan fingerprint density at radius 3 is 2.20 bits per heavy atom. The number of hydrogen-bond acceptors (Lipinski definition) is 3. The van der Waals surface area contributed by atoms with Crippen molar-refractivity contribution in [3.63, 3.8) is 0 Å². The van der Waals surface area contributed by atoms with Crippen LogP contribution in [0.2, 0.25) is 0 Å². The second-order valence-electron chi connectivity index (χ2n) is 3.95. The molecule has 112 valence electrons. The molecule has 4 nitrogen and oxygen atoms in total. The monoisotopic (exact) mass is 489 g/mol. The zero-order chi connectivity index (χ0) is 15.6. The molecule has 0 unspecified atom stereocenters. The van der Waals surface area contributed by atoms with E-state index in [4.69, 9.17) is 0 Å². The van der Waals surface area contributed by atoms with E-state index in [1.807, 2.05) is 13.8 Å². The number of nitrogens with zero attached hydrogens (tertiary/aromatic N) is 1. The number of alkyl halides is 3. The van der Waals surface area contributed by atoms with E-state index in [2.05, 4.69) is 47.8 Å². The molecule has 0 saturated heterocycles. The highest BCUT2D eigenvalue weighted by molar-refractivity contribution is 9.42.